The van der Waals surface area contributed by atoms with Crippen LogP contribution in [0.25, 0.3) is 0 Å². The molecule has 0 saturated carbocycles. The van der Waals surface area contributed by atoms with E-state index in [2.05, 4.69) is 24.1 Å². The average molecular weight is 390 g/mol. The molecule has 1 N–H and O–H groups in total. The molecular weight excluding hydrogens is 361 g/mol. The second kappa shape index (κ2) is 9.61. The van der Waals surface area contributed by atoms with E-state index >= 15 is 0 Å². The number of ether oxygens (including phenoxy) is 3. The summed E-state index contributed by atoms with van der Waals surface area (Å²) in [5, 5.41) is 3.43. The molecule has 0 unspecified atom stereocenters. The smallest absolute Gasteiger partial charge is 0.422 e. The predicted octanol–water partition coefficient (Wildman–Crippen LogP) is 3.23. The van der Waals surface area contributed by atoms with Gasteiger partial charge in [0.1, 0.15) is 0 Å². The Morgan fingerprint density at radius 3 is 2.44 bits per heavy atom. The zero-order valence-corrected chi connectivity index (χ0v) is 16.2. The van der Waals surface area contributed by atoms with E-state index in [1.54, 1.807) is 19.1 Å². The Labute approximate surface area is 158 Å². The Morgan fingerprint density at radius 1 is 1.11 bits per heavy atom. The summed E-state index contributed by atoms with van der Waals surface area (Å²) in [4.78, 5) is 2.39. The molecule has 1 aromatic carbocycles. The van der Waals surface area contributed by atoms with Gasteiger partial charge in [-0.3, -0.25) is 4.90 Å². The largest absolute Gasteiger partial charge is 0.490 e. The van der Waals surface area contributed by atoms with Crippen LogP contribution in [0, 0.1) is 0 Å². The number of rotatable bonds is 9. The number of nitrogens with zero attached hydrogens (tertiary/aromatic N) is 1. The van der Waals surface area contributed by atoms with E-state index < -0.39 is 12.8 Å². The Balaban J connectivity index is 1.92. The van der Waals surface area contributed by atoms with Crippen molar-refractivity contribution < 1.29 is 27.4 Å². The second-order valence-electron chi connectivity index (χ2n) is 7.13. The number of morpholine rings is 1. The van der Waals surface area contributed by atoms with E-state index in [0.29, 0.717) is 18.9 Å². The van der Waals surface area contributed by atoms with E-state index in [0.717, 1.165) is 38.4 Å². The van der Waals surface area contributed by atoms with E-state index in [4.69, 9.17) is 14.2 Å². The molecule has 1 aliphatic rings. The molecule has 0 aromatic heterocycles. The first-order chi connectivity index (χ1) is 12.7. The molecule has 1 saturated heterocycles. The molecule has 0 spiro atoms. The number of nitrogens with one attached hydrogen (secondary N) is 1. The Bertz CT molecular complexity index is 588. The van der Waals surface area contributed by atoms with Crippen molar-refractivity contribution in [1.29, 1.82) is 0 Å². The first-order valence-corrected chi connectivity index (χ1v) is 9.20. The van der Waals surface area contributed by atoms with Crippen molar-refractivity contribution in [2.75, 3.05) is 46.1 Å². The van der Waals surface area contributed by atoms with Gasteiger partial charge in [-0.2, -0.15) is 13.2 Å². The minimum Gasteiger partial charge on any atom is -0.490 e. The number of hydrogen-bond acceptors (Lipinski definition) is 5. The SMILES string of the molecule is CCOc1cc(CNCC(C)(C)N2CCOCC2)ccc1OCC(F)(F)F. The lowest BCUT2D eigenvalue weighted by atomic mass is 10.0. The summed E-state index contributed by atoms with van der Waals surface area (Å²) in [6.07, 6.45) is -4.38. The summed E-state index contributed by atoms with van der Waals surface area (Å²) < 4.78 is 52.8. The topological polar surface area (TPSA) is 43.0 Å². The summed E-state index contributed by atoms with van der Waals surface area (Å²) in [6, 6.07) is 5.01. The van der Waals surface area contributed by atoms with E-state index in [9.17, 15) is 13.2 Å². The molecule has 2 rings (SSSR count). The number of alkyl halides is 3. The first-order valence-electron chi connectivity index (χ1n) is 9.20. The van der Waals surface area contributed by atoms with Crippen molar-refractivity contribution in [3.8, 4) is 11.5 Å². The van der Waals surface area contributed by atoms with Crippen molar-refractivity contribution in [3.63, 3.8) is 0 Å². The molecule has 8 heteroatoms. The Hall–Kier alpha value is -1.51. The normalized spacial score (nSPS) is 16.4. The van der Waals surface area contributed by atoms with Crippen LogP contribution in [0.3, 0.4) is 0 Å². The van der Waals surface area contributed by atoms with Gasteiger partial charge in [0.2, 0.25) is 0 Å². The summed E-state index contributed by atoms with van der Waals surface area (Å²) in [6.45, 7) is 9.86. The van der Waals surface area contributed by atoms with Gasteiger partial charge in [0, 0.05) is 31.7 Å². The van der Waals surface area contributed by atoms with Gasteiger partial charge in [0.15, 0.2) is 18.1 Å². The zero-order valence-electron chi connectivity index (χ0n) is 16.2. The highest BCUT2D eigenvalue weighted by molar-refractivity contribution is 5.43. The third-order valence-electron chi connectivity index (χ3n) is 4.45. The van der Waals surface area contributed by atoms with E-state index in [1.807, 2.05) is 0 Å². The van der Waals surface area contributed by atoms with Crippen LogP contribution < -0.4 is 14.8 Å². The molecule has 5 nitrogen and oxygen atoms in total. The van der Waals surface area contributed by atoms with Crippen LogP contribution in [0.4, 0.5) is 13.2 Å². The lowest BCUT2D eigenvalue weighted by Crippen LogP contribution is -2.54. The van der Waals surface area contributed by atoms with Crippen molar-refractivity contribution in [2.45, 2.75) is 39.0 Å². The van der Waals surface area contributed by atoms with Gasteiger partial charge in [0.25, 0.3) is 0 Å². The first kappa shape index (κ1) is 21.8. The maximum absolute atomic E-state index is 12.4. The van der Waals surface area contributed by atoms with Crippen molar-refractivity contribution in [2.24, 2.45) is 0 Å². The second-order valence-corrected chi connectivity index (χ2v) is 7.13. The van der Waals surface area contributed by atoms with Crippen LogP contribution in [0.1, 0.15) is 26.3 Å². The van der Waals surface area contributed by atoms with Crippen LogP contribution in [0.2, 0.25) is 0 Å². The molecule has 1 fully saturated rings. The van der Waals surface area contributed by atoms with Crippen LogP contribution in [-0.4, -0.2) is 62.7 Å². The number of halogens is 3. The Kier molecular flexibility index (Phi) is 7.76. The van der Waals surface area contributed by atoms with Gasteiger partial charge in [0.05, 0.1) is 19.8 Å². The number of hydrogen-bond donors (Lipinski definition) is 1. The minimum atomic E-state index is -4.38. The molecule has 0 atom stereocenters. The van der Waals surface area contributed by atoms with Gasteiger partial charge in [-0.25, -0.2) is 0 Å². The van der Waals surface area contributed by atoms with Gasteiger partial charge < -0.3 is 19.5 Å². The van der Waals surface area contributed by atoms with E-state index in [-0.39, 0.29) is 11.3 Å². The van der Waals surface area contributed by atoms with Crippen molar-refractivity contribution >= 4 is 0 Å². The average Bonchev–Trinajstić information content (AvgIpc) is 2.61. The molecular formula is C19H29F3N2O3. The predicted molar refractivity (Wildman–Crippen MR) is 97.3 cm³/mol. The monoisotopic (exact) mass is 390 g/mol. The summed E-state index contributed by atoms with van der Waals surface area (Å²) in [5.74, 6) is 0.431. The number of benzene rings is 1. The summed E-state index contributed by atoms with van der Waals surface area (Å²) in [7, 11) is 0. The fraction of sp³-hybridized carbons (Fsp3) is 0.684. The lowest BCUT2D eigenvalue weighted by Gasteiger charge is -2.41. The summed E-state index contributed by atoms with van der Waals surface area (Å²) >= 11 is 0. The fourth-order valence-corrected chi connectivity index (χ4v) is 3.00. The standard InChI is InChI=1S/C19H29F3N2O3/c1-4-26-17-11-15(5-6-16(17)27-14-19(20,21)22)12-23-13-18(2,3)24-7-9-25-10-8-24/h5-6,11,23H,4,7-10,12-14H2,1-3H3. The lowest BCUT2D eigenvalue weighted by molar-refractivity contribution is -0.153. The zero-order chi connectivity index (χ0) is 19.9. The highest BCUT2D eigenvalue weighted by Gasteiger charge is 2.29. The van der Waals surface area contributed by atoms with Gasteiger partial charge in [-0.15, -0.1) is 0 Å². The maximum atomic E-state index is 12.4. The Morgan fingerprint density at radius 2 is 1.81 bits per heavy atom. The molecule has 1 aliphatic heterocycles. The molecule has 0 radical (unpaired) electrons. The molecule has 0 amide bonds. The van der Waals surface area contributed by atoms with Gasteiger partial charge in [-0.1, -0.05) is 6.07 Å². The molecule has 154 valence electrons. The third-order valence-corrected chi connectivity index (χ3v) is 4.45. The quantitative estimate of drug-likeness (QED) is 0.701. The van der Waals surface area contributed by atoms with Crippen molar-refractivity contribution in [1.82, 2.24) is 10.2 Å². The molecule has 1 aromatic rings. The minimum absolute atomic E-state index is 0.0116. The molecule has 27 heavy (non-hydrogen) atoms. The maximum Gasteiger partial charge on any atom is 0.422 e. The van der Waals surface area contributed by atoms with E-state index in [1.165, 1.54) is 6.07 Å². The highest BCUT2D eigenvalue weighted by atomic mass is 19.4. The molecule has 0 bridgehead atoms. The highest BCUT2D eigenvalue weighted by Crippen LogP contribution is 2.30. The molecule has 0 aliphatic carbocycles. The third kappa shape index (κ3) is 7.20. The van der Waals surface area contributed by atoms with Crippen LogP contribution in [0.15, 0.2) is 18.2 Å². The molecule has 1 heterocycles. The van der Waals surface area contributed by atoms with Crippen LogP contribution in [0.5, 0.6) is 11.5 Å². The van der Waals surface area contributed by atoms with Gasteiger partial charge in [-0.05, 0) is 38.5 Å². The summed E-state index contributed by atoms with van der Waals surface area (Å²) in [5.41, 5.74) is 0.915. The van der Waals surface area contributed by atoms with Gasteiger partial charge >= 0.3 is 6.18 Å². The van der Waals surface area contributed by atoms with Crippen LogP contribution >= 0.6 is 0 Å². The van der Waals surface area contributed by atoms with Crippen molar-refractivity contribution in [3.05, 3.63) is 23.8 Å². The van der Waals surface area contributed by atoms with Crippen LogP contribution in [-0.2, 0) is 11.3 Å². The fourth-order valence-electron chi connectivity index (χ4n) is 3.00.